The molecule has 8 heteroatoms. The first-order valence-corrected chi connectivity index (χ1v) is 15.0. The van der Waals surface area contributed by atoms with Crippen LogP contribution >= 0.6 is 70.6 Å². The van der Waals surface area contributed by atoms with Gasteiger partial charge in [0.05, 0.1) is 0 Å². The van der Waals surface area contributed by atoms with E-state index in [2.05, 4.69) is 37.4 Å². The van der Waals surface area contributed by atoms with Crippen LogP contribution in [0.5, 0.6) is 0 Å². The van der Waals surface area contributed by atoms with Crippen LogP contribution in [0, 0.1) is 0 Å². The van der Waals surface area contributed by atoms with Gasteiger partial charge in [0.2, 0.25) is 0 Å². The molecule has 0 fully saturated rings. The molecule has 0 spiro atoms. The Morgan fingerprint density at radius 2 is 1.15 bits per heavy atom. The van der Waals surface area contributed by atoms with Gasteiger partial charge in [0, 0.05) is 0 Å². The Morgan fingerprint density at radius 3 is 1.65 bits per heavy atom. The minimum atomic E-state index is 0.776. The summed E-state index contributed by atoms with van der Waals surface area (Å²) in [5.74, 6) is 0. The molecule has 0 amide bonds. The molecule has 0 aliphatic carbocycles. The van der Waals surface area contributed by atoms with Gasteiger partial charge in [-0.15, -0.1) is 0 Å². The van der Waals surface area contributed by atoms with Crippen LogP contribution in [-0.4, -0.2) is 29.9 Å². The van der Waals surface area contributed by atoms with Crippen LogP contribution in [0.3, 0.4) is 0 Å². The summed E-state index contributed by atoms with van der Waals surface area (Å²) >= 11 is 13.8. The molecular formula is C12H10S6Se2. The third-order valence-electron chi connectivity index (χ3n) is 2.57. The predicted octanol–water partition coefficient (Wildman–Crippen LogP) is 6.32. The zero-order valence-electron chi connectivity index (χ0n) is 10.7. The van der Waals surface area contributed by atoms with Crippen molar-refractivity contribution in [2.45, 2.75) is 24.5 Å². The van der Waals surface area contributed by atoms with Crippen LogP contribution in [0.15, 0.2) is 34.4 Å². The molecule has 4 aliphatic heterocycles. The van der Waals surface area contributed by atoms with Crippen molar-refractivity contribution in [1.29, 1.82) is 0 Å². The Labute approximate surface area is 157 Å². The van der Waals surface area contributed by atoms with Gasteiger partial charge in [0.1, 0.15) is 0 Å². The molecule has 0 radical (unpaired) electrons. The van der Waals surface area contributed by atoms with Crippen molar-refractivity contribution in [2.24, 2.45) is 0 Å². The van der Waals surface area contributed by atoms with Crippen LogP contribution in [0.4, 0.5) is 0 Å². The summed E-state index contributed by atoms with van der Waals surface area (Å²) in [6.45, 7) is 4.44. The Morgan fingerprint density at radius 1 is 0.700 bits per heavy atom. The molecule has 0 nitrogen and oxygen atoms in total. The molecule has 20 heavy (non-hydrogen) atoms. The van der Waals surface area contributed by atoms with E-state index in [4.69, 9.17) is 0 Å². The summed E-state index contributed by atoms with van der Waals surface area (Å²) < 4.78 is 11.2. The molecule has 4 rings (SSSR count). The topological polar surface area (TPSA) is 0 Å². The number of allylic oxidation sites excluding steroid dienone is 1. The van der Waals surface area contributed by atoms with E-state index >= 15 is 0 Å². The van der Waals surface area contributed by atoms with E-state index in [-0.39, 0.29) is 0 Å². The number of hydrogen-bond donors (Lipinski definition) is 0. The zero-order valence-corrected chi connectivity index (χ0v) is 19.0. The molecule has 4 aliphatic rings. The van der Waals surface area contributed by atoms with Gasteiger partial charge in [-0.3, -0.25) is 0 Å². The van der Waals surface area contributed by atoms with Crippen molar-refractivity contribution in [3.63, 3.8) is 0 Å². The summed E-state index contributed by atoms with van der Waals surface area (Å²) in [7, 11) is 0. The summed E-state index contributed by atoms with van der Waals surface area (Å²) in [6, 6.07) is 0. The van der Waals surface area contributed by atoms with E-state index in [1.54, 1.807) is 16.1 Å². The fourth-order valence-electron chi connectivity index (χ4n) is 1.68. The summed E-state index contributed by atoms with van der Waals surface area (Å²) in [6.07, 6.45) is 0. The fraction of sp³-hybridized carbons (Fsp3) is 0.333. The van der Waals surface area contributed by atoms with Crippen molar-refractivity contribution >= 4 is 100 Å². The van der Waals surface area contributed by atoms with E-state index < -0.39 is 0 Å². The Bertz CT molecular complexity index is 569. The monoisotopic (exact) mass is 506 g/mol. The average Bonchev–Trinajstić information content (AvgIpc) is 3.09. The van der Waals surface area contributed by atoms with Gasteiger partial charge in [0.25, 0.3) is 0 Å². The van der Waals surface area contributed by atoms with E-state index in [1.807, 2.05) is 47.0 Å². The van der Waals surface area contributed by atoms with Gasteiger partial charge in [-0.05, 0) is 0 Å². The first-order valence-electron chi connectivity index (χ1n) is 5.94. The first-order chi connectivity index (χ1) is 9.70. The molecule has 0 aromatic heterocycles. The molecule has 0 atom stereocenters. The zero-order chi connectivity index (χ0) is 13.7. The molecule has 4 heterocycles. The third-order valence-corrected chi connectivity index (χ3v) is 19.8. The first kappa shape index (κ1) is 15.6. The quantitative estimate of drug-likeness (QED) is 0.352. The van der Waals surface area contributed by atoms with Crippen molar-refractivity contribution in [3.8, 4) is 0 Å². The Hall–Kier alpha value is 2.10. The van der Waals surface area contributed by atoms with Crippen molar-refractivity contribution < 1.29 is 0 Å². The van der Waals surface area contributed by atoms with Crippen LogP contribution in [0.25, 0.3) is 0 Å². The standard InChI is InChI=1S/C12H10S6Se2/c1-5(2)6-13-7-8(14-6)16-9(15-7)10-17-11-12(18-10)20-4-3-19-11/h3-4H2,1-2H3. The van der Waals surface area contributed by atoms with Crippen LogP contribution in [-0.2, 0) is 0 Å². The normalized spacial score (nSPS) is 25.8. The molecule has 0 N–H and O–H groups in total. The van der Waals surface area contributed by atoms with Gasteiger partial charge in [-0.2, -0.15) is 0 Å². The van der Waals surface area contributed by atoms with Gasteiger partial charge in [-0.25, -0.2) is 0 Å². The molecule has 0 saturated heterocycles. The maximum absolute atomic E-state index is 2.22. The van der Waals surface area contributed by atoms with E-state index in [9.17, 15) is 0 Å². The van der Waals surface area contributed by atoms with Crippen molar-refractivity contribution in [1.82, 2.24) is 0 Å². The van der Waals surface area contributed by atoms with Crippen LogP contribution in [0.2, 0.25) is 10.6 Å². The molecule has 0 saturated carbocycles. The fourth-order valence-corrected chi connectivity index (χ4v) is 19.5. The van der Waals surface area contributed by atoms with Crippen LogP contribution in [0.1, 0.15) is 13.8 Å². The van der Waals surface area contributed by atoms with E-state index in [1.165, 1.54) is 28.9 Å². The number of rotatable bonds is 0. The number of thioether (sulfide) groups is 6. The second-order valence-electron chi connectivity index (χ2n) is 4.32. The molecular weight excluding hydrogens is 494 g/mol. The number of hydrogen-bond acceptors (Lipinski definition) is 6. The average molecular weight is 505 g/mol. The van der Waals surface area contributed by atoms with Crippen molar-refractivity contribution in [2.75, 3.05) is 0 Å². The maximum atomic E-state index is 2.22. The van der Waals surface area contributed by atoms with Gasteiger partial charge in [0.15, 0.2) is 0 Å². The van der Waals surface area contributed by atoms with Crippen molar-refractivity contribution in [3.05, 3.63) is 34.4 Å². The predicted molar refractivity (Wildman–Crippen MR) is 106 cm³/mol. The molecule has 0 aromatic rings. The third kappa shape index (κ3) is 3.04. The molecule has 0 unspecified atom stereocenters. The van der Waals surface area contributed by atoms with Gasteiger partial charge >= 0.3 is 159 Å². The molecule has 0 bridgehead atoms. The van der Waals surface area contributed by atoms with E-state index in [0.29, 0.717) is 0 Å². The second-order valence-corrected chi connectivity index (χ2v) is 17.5. The summed E-state index contributed by atoms with van der Waals surface area (Å²) in [5, 5.41) is 2.96. The van der Waals surface area contributed by atoms with Gasteiger partial charge in [-0.1, -0.05) is 0 Å². The molecule has 0 aromatic carbocycles. The van der Waals surface area contributed by atoms with Crippen LogP contribution < -0.4 is 0 Å². The SMILES string of the molecule is CC(C)=C1SC2=C(S1)SC(=C1SC3=C(S1)[Se]CC[Se]3)S2. The Balaban J connectivity index is 1.50. The minimum absolute atomic E-state index is 0.776. The summed E-state index contributed by atoms with van der Waals surface area (Å²) in [4.78, 5) is 0. The van der Waals surface area contributed by atoms with E-state index in [0.717, 1.165) is 29.9 Å². The van der Waals surface area contributed by atoms with Gasteiger partial charge < -0.3 is 0 Å². The Kier molecular flexibility index (Phi) is 5.11. The second kappa shape index (κ2) is 6.54. The molecule has 106 valence electrons. The summed E-state index contributed by atoms with van der Waals surface area (Å²) in [5.41, 5.74) is 1.46.